The quantitative estimate of drug-likeness (QED) is 0.829. The Balaban J connectivity index is 2.21. The highest BCUT2D eigenvalue weighted by Gasteiger charge is 2.12. The van der Waals surface area contributed by atoms with E-state index in [4.69, 9.17) is 15.2 Å². The van der Waals surface area contributed by atoms with E-state index in [-0.39, 0.29) is 5.75 Å². The zero-order valence-corrected chi connectivity index (χ0v) is 12.9. The molecule has 5 nitrogen and oxygen atoms in total. The third-order valence-electron chi connectivity index (χ3n) is 2.81. The molecule has 0 spiro atoms. The van der Waals surface area contributed by atoms with Crippen LogP contribution in [0, 0.1) is 0 Å². The van der Waals surface area contributed by atoms with Crippen LogP contribution in [-0.2, 0) is 16.6 Å². The van der Waals surface area contributed by atoms with Gasteiger partial charge in [0.05, 0.1) is 40.9 Å². The minimum Gasteiger partial charge on any atom is -0.494 e. The van der Waals surface area contributed by atoms with Gasteiger partial charge >= 0.3 is 0 Å². The van der Waals surface area contributed by atoms with Crippen molar-refractivity contribution in [3.05, 3.63) is 42.1 Å². The summed E-state index contributed by atoms with van der Waals surface area (Å²) >= 11 is 0. The maximum absolute atomic E-state index is 12.5. The van der Waals surface area contributed by atoms with Gasteiger partial charge in [0.1, 0.15) is 5.75 Å². The number of nitrogens with two attached hydrogens (primary N) is 1. The summed E-state index contributed by atoms with van der Waals surface area (Å²) in [5.74, 6) is 1.44. The molecule has 0 radical (unpaired) electrons. The monoisotopic (exact) mass is 306 g/mol. The topological polar surface area (TPSA) is 74.4 Å². The van der Waals surface area contributed by atoms with Crippen molar-refractivity contribution in [1.82, 2.24) is 4.98 Å². The molecule has 112 valence electrons. The SMILES string of the molecule is CCOc1ccc(N)c(S(=O)Cc2cccc(OC)n2)c1. The van der Waals surface area contributed by atoms with Crippen LogP contribution in [0.25, 0.3) is 0 Å². The van der Waals surface area contributed by atoms with Gasteiger partial charge in [-0.05, 0) is 31.2 Å². The van der Waals surface area contributed by atoms with E-state index in [2.05, 4.69) is 4.98 Å². The summed E-state index contributed by atoms with van der Waals surface area (Å²) in [6.07, 6.45) is 0. The van der Waals surface area contributed by atoms with Crippen molar-refractivity contribution in [1.29, 1.82) is 0 Å². The standard InChI is InChI=1S/C15H18N2O3S/c1-3-20-12-7-8-13(16)14(9-12)21(18)10-11-5-4-6-15(17-11)19-2/h4-9H,3,10,16H2,1-2H3. The number of nitrogens with zero attached hydrogens (tertiary/aromatic N) is 1. The Bertz CT molecular complexity index is 647. The Morgan fingerprint density at radius 1 is 1.29 bits per heavy atom. The summed E-state index contributed by atoms with van der Waals surface area (Å²) in [5, 5.41) is 0. The molecule has 0 fully saturated rings. The second kappa shape index (κ2) is 7.08. The maximum Gasteiger partial charge on any atom is 0.213 e. The first kappa shape index (κ1) is 15.3. The molecule has 1 atom stereocenters. The van der Waals surface area contributed by atoms with Gasteiger partial charge in [-0.2, -0.15) is 0 Å². The molecule has 6 heteroatoms. The van der Waals surface area contributed by atoms with Gasteiger partial charge in [-0.15, -0.1) is 0 Å². The van der Waals surface area contributed by atoms with Crippen molar-refractivity contribution in [2.24, 2.45) is 0 Å². The maximum atomic E-state index is 12.5. The second-order valence-corrected chi connectivity index (χ2v) is 5.71. The Labute approximate surface area is 126 Å². The lowest BCUT2D eigenvalue weighted by atomic mass is 10.3. The molecule has 2 rings (SSSR count). The van der Waals surface area contributed by atoms with Crippen LogP contribution in [0.1, 0.15) is 12.6 Å². The highest BCUT2D eigenvalue weighted by atomic mass is 32.2. The Hall–Kier alpha value is -2.08. The third-order valence-corrected chi connectivity index (χ3v) is 4.21. The van der Waals surface area contributed by atoms with E-state index >= 15 is 0 Å². The number of anilines is 1. The molecule has 0 aliphatic heterocycles. The van der Waals surface area contributed by atoms with E-state index < -0.39 is 10.8 Å². The average molecular weight is 306 g/mol. The molecule has 0 saturated carbocycles. The first-order chi connectivity index (χ1) is 10.1. The first-order valence-electron chi connectivity index (χ1n) is 6.54. The molecule has 0 bridgehead atoms. The molecular formula is C15H18N2O3S. The van der Waals surface area contributed by atoms with E-state index in [0.717, 1.165) is 0 Å². The number of benzene rings is 1. The van der Waals surface area contributed by atoms with Gasteiger partial charge in [-0.1, -0.05) is 6.07 Å². The molecule has 1 unspecified atom stereocenters. The summed E-state index contributed by atoms with van der Waals surface area (Å²) in [6.45, 7) is 2.45. The van der Waals surface area contributed by atoms with E-state index in [1.165, 1.54) is 0 Å². The van der Waals surface area contributed by atoms with Crippen molar-refractivity contribution < 1.29 is 13.7 Å². The molecule has 0 amide bonds. The first-order valence-corrected chi connectivity index (χ1v) is 7.86. The van der Waals surface area contributed by atoms with Crippen molar-refractivity contribution in [3.63, 3.8) is 0 Å². The highest BCUT2D eigenvalue weighted by molar-refractivity contribution is 7.84. The van der Waals surface area contributed by atoms with Crippen LogP contribution < -0.4 is 15.2 Å². The van der Waals surface area contributed by atoms with Crippen molar-refractivity contribution >= 4 is 16.5 Å². The zero-order chi connectivity index (χ0) is 15.2. The Kier molecular flexibility index (Phi) is 5.16. The number of aromatic nitrogens is 1. The number of ether oxygens (including phenoxy) is 2. The number of rotatable bonds is 6. The zero-order valence-electron chi connectivity index (χ0n) is 12.0. The van der Waals surface area contributed by atoms with Gasteiger partial charge in [-0.3, -0.25) is 4.21 Å². The molecule has 1 aromatic heterocycles. The fourth-order valence-electron chi connectivity index (χ4n) is 1.83. The lowest BCUT2D eigenvalue weighted by molar-refractivity contribution is 0.339. The summed E-state index contributed by atoms with van der Waals surface area (Å²) in [7, 11) is 0.255. The van der Waals surface area contributed by atoms with Crippen molar-refractivity contribution in [2.45, 2.75) is 17.6 Å². The normalized spacial score (nSPS) is 11.9. The van der Waals surface area contributed by atoms with Crippen molar-refractivity contribution in [3.8, 4) is 11.6 Å². The largest absolute Gasteiger partial charge is 0.494 e. The van der Waals surface area contributed by atoms with Gasteiger partial charge < -0.3 is 15.2 Å². The lowest BCUT2D eigenvalue weighted by Crippen LogP contribution is -2.04. The smallest absolute Gasteiger partial charge is 0.213 e. The predicted octanol–water partition coefficient (Wildman–Crippen LogP) is 2.38. The van der Waals surface area contributed by atoms with Crippen LogP contribution in [0.15, 0.2) is 41.3 Å². The number of pyridine rings is 1. The van der Waals surface area contributed by atoms with E-state index in [0.29, 0.717) is 34.5 Å². The van der Waals surface area contributed by atoms with E-state index in [1.54, 1.807) is 31.4 Å². The van der Waals surface area contributed by atoms with Gasteiger partial charge in [0, 0.05) is 11.8 Å². The van der Waals surface area contributed by atoms with Crippen molar-refractivity contribution in [2.75, 3.05) is 19.5 Å². The second-order valence-electron chi connectivity index (χ2n) is 4.29. The fraction of sp³-hybridized carbons (Fsp3) is 0.267. The van der Waals surface area contributed by atoms with Gasteiger partial charge in [0.15, 0.2) is 0 Å². The summed E-state index contributed by atoms with van der Waals surface area (Å²) in [5.41, 5.74) is 7.08. The summed E-state index contributed by atoms with van der Waals surface area (Å²) in [4.78, 5) is 4.82. The fourth-order valence-corrected chi connectivity index (χ4v) is 3.00. The number of methoxy groups -OCH3 is 1. The van der Waals surface area contributed by atoms with E-state index in [9.17, 15) is 4.21 Å². The molecule has 21 heavy (non-hydrogen) atoms. The van der Waals surface area contributed by atoms with Crippen LogP contribution in [-0.4, -0.2) is 22.9 Å². The van der Waals surface area contributed by atoms with Crippen LogP contribution in [0.4, 0.5) is 5.69 Å². The molecular weight excluding hydrogens is 288 g/mol. The molecule has 2 aromatic rings. The van der Waals surface area contributed by atoms with Crippen LogP contribution in [0.5, 0.6) is 11.6 Å². The minimum absolute atomic E-state index is 0.275. The molecule has 0 aliphatic rings. The third kappa shape index (κ3) is 3.95. The molecule has 0 saturated heterocycles. The Morgan fingerprint density at radius 3 is 2.81 bits per heavy atom. The summed E-state index contributed by atoms with van der Waals surface area (Å²) in [6, 6.07) is 10.6. The number of hydrogen-bond donors (Lipinski definition) is 1. The van der Waals surface area contributed by atoms with E-state index in [1.807, 2.05) is 19.1 Å². The van der Waals surface area contributed by atoms with Crippen LogP contribution in [0.2, 0.25) is 0 Å². The van der Waals surface area contributed by atoms with Crippen LogP contribution in [0.3, 0.4) is 0 Å². The molecule has 2 N–H and O–H groups in total. The van der Waals surface area contributed by atoms with Gasteiger partial charge in [0.2, 0.25) is 5.88 Å². The average Bonchev–Trinajstić information content (AvgIpc) is 2.49. The molecule has 1 aromatic carbocycles. The predicted molar refractivity (Wildman–Crippen MR) is 82.9 cm³/mol. The van der Waals surface area contributed by atoms with Gasteiger partial charge in [-0.25, -0.2) is 4.98 Å². The number of nitrogen functional groups attached to an aromatic ring is 1. The molecule has 0 aliphatic carbocycles. The lowest BCUT2D eigenvalue weighted by Gasteiger charge is -2.09. The number of hydrogen-bond acceptors (Lipinski definition) is 5. The minimum atomic E-state index is -1.29. The molecule has 1 heterocycles. The van der Waals surface area contributed by atoms with Crippen LogP contribution >= 0.6 is 0 Å². The summed E-state index contributed by atoms with van der Waals surface area (Å²) < 4.78 is 23.0. The Morgan fingerprint density at radius 2 is 2.10 bits per heavy atom. The van der Waals surface area contributed by atoms with Gasteiger partial charge in [0.25, 0.3) is 0 Å². The highest BCUT2D eigenvalue weighted by Crippen LogP contribution is 2.24.